The number of ether oxygens (including phenoxy) is 2. The van der Waals surface area contributed by atoms with Gasteiger partial charge in [0.2, 0.25) is 0 Å². The second kappa shape index (κ2) is 11.1. The molecule has 3 aliphatic carbocycles. The molecule has 3 saturated carbocycles. The number of rotatable bonds is 5. The van der Waals surface area contributed by atoms with Gasteiger partial charge in [0.05, 0.1) is 20.8 Å². The largest absolute Gasteiger partial charge is 0.426 e. The van der Waals surface area contributed by atoms with Gasteiger partial charge in [-0.3, -0.25) is 14.1 Å². The van der Waals surface area contributed by atoms with Crippen LogP contribution in [0.25, 0.3) is 0 Å². The first-order valence-corrected chi connectivity index (χ1v) is 16.4. The molecule has 2 unspecified atom stereocenters. The summed E-state index contributed by atoms with van der Waals surface area (Å²) in [7, 11) is -4.42. The summed E-state index contributed by atoms with van der Waals surface area (Å²) in [6.07, 6.45) is 3.35. The highest BCUT2D eigenvalue weighted by Crippen LogP contribution is 2.50. The van der Waals surface area contributed by atoms with Crippen molar-refractivity contribution in [1.82, 2.24) is 0 Å². The van der Waals surface area contributed by atoms with Crippen molar-refractivity contribution in [2.75, 3.05) is 0 Å². The standard InChI is InChI=1S/C22H17Br3I2O7S/c23-11-5-13(24)19(14(25)6-11)34-22(29)18-10-3-1-9(2-4-10)17(18)21(28)33-12-7-15(26)20(16(27)8-12)35(30,31)32/h5-10,17-18H,1-4H2,(H,30,31,32). The van der Waals surface area contributed by atoms with E-state index in [0.29, 0.717) is 14.7 Å². The maximum atomic E-state index is 13.4. The molecular formula is C22H17Br3I2O7S. The number of benzene rings is 2. The average molecular weight is 919 g/mol. The van der Waals surface area contributed by atoms with Crippen LogP contribution in [0.2, 0.25) is 0 Å². The molecule has 5 rings (SSSR count). The average Bonchev–Trinajstić information content (AvgIpc) is 2.74. The van der Waals surface area contributed by atoms with E-state index in [2.05, 4.69) is 47.8 Å². The normalized spacial score (nSPS) is 23.7. The minimum atomic E-state index is -4.42. The Hall–Kier alpha value is 0.190. The number of carbonyl (C=O) groups is 2. The van der Waals surface area contributed by atoms with Crippen LogP contribution in [-0.4, -0.2) is 24.9 Å². The van der Waals surface area contributed by atoms with E-state index in [1.165, 1.54) is 12.1 Å². The monoisotopic (exact) mass is 916 g/mol. The molecule has 35 heavy (non-hydrogen) atoms. The molecule has 0 heterocycles. The quantitative estimate of drug-likeness (QED) is 0.149. The van der Waals surface area contributed by atoms with E-state index in [-0.39, 0.29) is 29.6 Å². The van der Waals surface area contributed by atoms with Crippen LogP contribution >= 0.6 is 93.0 Å². The summed E-state index contributed by atoms with van der Waals surface area (Å²) in [6.45, 7) is 0. The van der Waals surface area contributed by atoms with E-state index < -0.39 is 33.9 Å². The molecule has 0 saturated heterocycles. The van der Waals surface area contributed by atoms with Crippen LogP contribution in [0, 0.1) is 30.8 Å². The Bertz CT molecular complexity index is 1260. The molecule has 0 aromatic heterocycles. The van der Waals surface area contributed by atoms with Gasteiger partial charge in [0.1, 0.15) is 10.6 Å². The van der Waals surface area contributed by atoms with Gasteiger partial charge in [0.25, 0.3) is 10.1 Å². The van der Waals surface area contributed by atoms with E-state index >= 15 is 0 Å². The number of carbonyl (C=O) groups excluding carboxylic acids is 2. The van der Waals surface area contributed by atoms with Crippen LogP contribution in [0.3, 0.4) is 0 Å². The van der Waals surface area contributed by atoms with Crippen molar-refractivity contribution in [2.24, 2.45) is 23.7 Å². The lowest BCUT2D eigenvalue weighted by Gasteiger charge is -2.45. The third-order valence-corrected chi connectivity index (χ3v) is 11.4. The summed E-state index contributed by atoms with van der Waals surface area (Å²) in [5.74, 6) is -1.82. The molecule has 2 atom stereocenters. The molecular weight excluding hydrogens is 902 g/mol. The SMILES string of the molecule is O=C(Oc1cc(I)c(S(=O)(=O)O)c(I)c1)C1C2CCC(CC2)C1C(=O)Oc1c(Br)cc(Br)cc1Br. The number of hydrogen-bond acceptors (Lipinski definition) is 6. The van der Waals surface area contributed by atoms with Crippen molar-refractivity contribution in [3.8, 4) is 11.5 Å². The van der Waals surface area contributed by atoms with Crippen molar-refractivity contribution < 1.29 is 32.0 Å². The Kier molecular flexibility index (Phi) is 8.96. The van der Waals surface area contributed by atoms with Gasteiger partial charge in [0.15, 0.2) is 5.75 Å². The molecule has 3 aliphatic rings. The Labute approximate surface area is 254 Å². The van der Waals surface area contributed by atoms with E-state index in [1.807, 2.05) is 0 Å². The fourth-order valence-corrected chi connectivity index (χ4v) is 11.4. The third-order valence-electron chi connectivity index (χ3n) is 6.38. The van der Waals surface area contributed by atoms with Crippen molar-refractivity contribution >= 4 is 115 Å². The van der Waals surface area contributed by atoms with E-state index in [9.17, 15) is 22.6 Å². The third kappa shape index (κ3) is 6.10. The van der Waals surface area contributed by atoms with E-state index in [0.717, 1.165) is 30.2 Å². The molecule has 2 bridgehead atoms. The Morgan fingerprint density at radius 3 is 1.69 bits per heavy atom. The lowest BCUT2D eigenvalue weighted by molar-refractivity contribution is -0.162. The summed E-state index contributed by atoms with van der Waals surface area (Å²) in [5, 5.41) is 0. The minimum absolute atomic E-state index is 0.00270. The van der Waals surface area contributed by atoms with E-state index in [4.69, 9.17) is 9.47 Å². The summed E-state index contributed by atoms with van der Waals surface area (Å²) in [4.78, 5) is 26.5. The Morgan fingerprint density at radius 1 is 0.829 bits per heavy atom. The molecule has 7 nitrogen and oxygen atoms in total. The van der Waals surface area contributed by atoms with Crippen LogP contribution in [0.4, 0.5) is 0 Å². The topological polar surface area (TPSA) is 107 Å². The zero-order valence-electron chi connectivity index (χ0n) is 17.6. The molecule has 2 aromatic rings. The molecule has 0 spiro atoms. The fraction of sp³-hybridized carbons (Fsp3) is 0.364. The summed E-state index contributed by atoms with van der Waals surface area (Å²) < 4.78 is 46.7. The lowest BCUT2D eigenvalue weighted by atomic mass is 9.58. The van der Waals surface area contributed by atoms with Gasteiger partial charge in [0, 0.05) is 11.6 Å². The molecule has 188 valence electrons. The summed E-state index contributed by atoms with van der Waals surface area (Å²) >= 11 is 13.8. The van der Waals surface area contributed by atoms with Crippen molar-refractivity contribution in [1.29, 1.82) is 0 Å². The molecule has 0 amide bonds. The minimum Gasteiger partial charge on any atom is -0.426 e. The van der Waals surface area contributed by atoms with Crippen LogP contribution in [0.15, 0.2) is 42.6 Å². The maximum Gasteiger partial charge on any atom is 0.315 e. The van der Waals surface area contributed by atoms with Gasteiger partial charge in [-0.05, 0) is 139 Å². The number of hydrogen-bond donors (Lipinski definition) is 1. The Balaban J connectivity index is 1.60. The van der Waals surface area contributed by atoms with Crippen LogP contribution in [0.5, 0.6) is 11.5 Å². The second-order valence-electron chi connectivity index (χ2n) is 8.46. The predicted octanol–water partition coefficient (Wildman–Crippen LogP) is 6.99. The zero-order valence-corrected chi connectivity index (χ0v) is 27.5. The highest BCUT2D eigenvalue weighted by molar-refractivity contribution is 14.1. The smallest absolute Gasteiger partial charge is 0.315 e. The molecule has 1 N–H and O–H groups in total. The first-order chi connectivity index (χ1) is 16.4. The highest BCUT2D eigenvalue weighted by Gasteiger charge is 2.52. The Morgan fingerprint density at radius 2 is 1.26 bits per heavy atom. The van der Waals surface area contributed by atoms with Crippen LogP contribution in [0.1, 0.15) is 25.7 Å². The second-order valence-corrected chi connectivity index (χ2v) is 14.8. The molecule has 13 heteroatoms. The first-order valence-electron chi connectivity index (χ1n) is 10.4. The number of fused-ring (bicyclic) bond motifs is 3. The van der Waals surface area contributed by atoms with Gasteiger partial charge in [-0.2, -0.15) is 8.42 Å². The van der Waals surface area contributed by atoms with Gasteiger partial charge >= 0.3 is 11.9 Å². The number of esters is 2. The number of halogens is 5. The zero-order chi connectivity index (χ0) is 25.7. The van der Waals surface area contributed by atoms with Crippen LogP contribution in [-0.2, 0) is 19.7 Å². The van der Waals surface area contributed by atoms with E-state index in [1.54, 1.807) is 57.3 Å². The molecule has 0 radical (unpaired) electrons. The maximum absolute atomic E-state index is 13.4. The van der Waals surface area contributed by atoms with Crippen LogP contribution < -0.4 is 9.47 Å². The van der Waals surface area contributed by atoms with Gasteiger partial charge < -0.3 is 9.47 Å². The van der Waals surface area contributed by atoms with Crippen molar-refractivity contribution in [3.05, 3.63) is 44.8 Å². The van der Waals surface area contributed by atoms with Crippen molar-refractivity contribution in [2.45, 2.75) is 30.6 Å². The molecule has 3 fully saturated rings. The fourth-order valence-electron chi connectivity index (χ4n) is 4.95. The predicted molar refractivity (Wildman–Crippen MR) is 155 cm³/mol. The molecule has 0 aliphatic heterocycles. The summed E-state index contributed by atoms with van der Waals surface area (Å²) in [6, 6.07) is 6.31. The highest BCUT2D eigenvalue weighted by atomic mass is 127. The first kappa shape index (κ1) is 28.2. The van der Waals surface area contributed by atoms with Gasteiger partial charge in [-0.25, -0.2) is 0 Å². The van der Waals surface area contributed by atoms with Crippen molar-refractivity contribution in [3.63, 3.8) is 0 Å². The van der Waals surface area contributed by atoms with Gasteiger partial charge in [-0.1, -0.05) is 15.9 Å². The summed E-state index contributed by atoms with van der Waals surface area (Å²) in [5.41, 5.74) is 0. The molecule has 2 aromatic carbocycles. The lowest BCUT2D eigenvalue weighted by Crippen LogP contribution is -2.49. The van der Waals surface area contributed by atoms with Gasteiger partial charge in [-0.15, -0.1) is 0 Å².